The number of carbonyl (C=O) groups is 1. The highest BCUT2D eigenvalue weighted by molar-refractivity contribution is 7.80. The lowest BCUT2D eigenvalue weighted by atomic mass is 10.1. The highest BCUT2D eigenvalue weighted by Crippen LogP contribution is 2.02. The van der Waals surface area contributed by atoms with Gasteiger partial charge in [0.2, 0.25) is 5.91 Å². The van der Waals surface area contributed by atoms with Crippen LogP contribution in [0.25, 0.3) is 0 Å². The predicted molar refractivity (Wildman–Crippen MR) is 62.1 cm³/mol. The maximum Gasteiger partial charge on any atom is 0.223 e. The third kappa shape index (κ3) is 4.02. The van der Waals surface area contributed by atoms with Crippen molar-refractivity contribution in [1.29, 1.82) is 0 Å². The number of nitrogens with two attached hydrogens (primary N) is 1. The van der Waals surface area contributed by atoms with E-state index < -0.39 is 0 Å². The smallest absolute Gasteiger partial charge is 0.223 e. The van der Waals surface area contributed by atoms with Crippen LogP contribution < -0.4 is 11.1 Å². The summed E-state index contributed by atoms with van der Waals surface area (Å²) < 4.78 is 0. The second-order valence-electron chi connectivity index (χ2n) is 3.53. The molecule has 0 saturated heterocycles. The van der Waals surface area contributed by atoms with Crippen LogP contribution in [0.3, 0.4) is 0 Å². The fraction of sp³-hybridized carbons (Fsp3) is 0.778. The van der Waals surface area contributed by atoms with Gasteiger partial charge in [0.25, 0.3) is 0 Å². The van der Waals surface area contributed by atoms with Crippen LogP contribution in [-0.2, 0) is 4.79 Å². The van der Waals surface area contributed by atoms with Crippen LogP contribution in [0.4, 0.5) is 0 Å². The van der Waals surface area contributed by atoms with Crippen molar-refractivity contribution < 1.29 is 4.79 Å². The monoisotopic (exact) mass is 217 g/mol. The van der Waals surface area contributed by atoms with Crippen LogP contribution in [-0.4, -0.2) is 42.5 Å². The molecule has 0 heterocycles. The average molecular weight is 217 g/mol. The summed E-state index contributed by atoms with van der Waals surface area (Å²) in [5.74, 6) is -0.0196. The van der Waals surface area contributed by atoms with Gasteiger partial charge in [-0.15, -0.1) is 0 Å². The fourth-order valence-corrected chi connectivity index (χ4v) is 1.32. The molecule has 2 unspecified atom stereocenters. The first-order chi connectivity index (χ1) is 6.40. The summed E-state index contributed by atoms with van der Waals surface area (Å²) in [5.41, 5.74) is 5.51. The molecule has 0 fully saturated rings. The number of likely N-dealkylation sites (N-methyl/N-ethyl adjacent to an activating group) is 1. The predicted octanol–water partition coefficient (Wildman–Crippen LogP) is -0.0251. The molecule has 5 heteroatoms. The van der Waals surface area contributed by atoms with Crippen molar-refractivity contribution in [1.82, 2.24) is 10.2 Å². The molecular formula is C9H19N3OS. The molecule has 0 rings (SSSR count). The molecule has 0 spiro atoms. The van der Waals surface area contributed by atoms with E-state index in [-0.39, 0.29) is 17.9 Å². The quantitative estimate of drug-likeness (QED) is 0.635. The van der Waals surface area contributed by atoms with E-state index >= 15 is 0 Å². The normalized spacial score (nSPS) is 14.9. The standard InChI is InChI=1S/C9H19N3OS/c1-6(9(13)11-3)5-12(4)7(2)8(10)14/h6-7H,5H2,1-4H3,(H2,10,14)(H,11,13). The topological polar surface area (TPSA) is 58.4 Å². The zero-order valence-electron chi connectivity index (χ0n) is 9.20. The van der Waals surface area contributed by atoms with Crippen LogP contribution in [0.1, 0.15) is 13.8 Å². The largest absolute Gasteiger partial charge is 0.392 e. The number of hydrogen-bond donors (Lipinski definition) is 2. The summed E-state index contributed by atoms with van der Waals surface area (Å²) in [6, 6.07) is 0.0251. The van der Waals surface area contributed by atoms with Gasteiger partial charge in [0.05, 0.1) is 11.0 Å². The molecule has 2 atom stereocenters. The molecule has 0 bridgehead atoms. The van der Waals surface area contributed by atoms with Crippen LogP contribution in [0, 0.1) is 5.92 Å². The molecule has 4 nitrogen and oxygen atoms in total. The van der Waals surface area contributed by atoms with Crippen molar-refractivity contribution in [2.75, 3.05) is 20.6 Å². The second kappa shape index (κ2) is 5.93. The van der Waals surface area contributed by atoms with Crippen molar-refractivity contribution in [3.05, 3.63) is 0 Å². The van der Waals surface area contributed by atoms with Gasteiger partial charge in [-0.25, -0.2) is 0 Å². The van der Waals surface area contributed by atoms with E-state index in [4.69, 9.17) is 18.0 Å². The minimum Gasteiger partial charge on any atom is -0.392 e. The number of amides is 1. The lowest BCUT2D eigenvalue weighted by Crippen LogP contribution is -2.43. The van der Waals surface area contributed by atoms with Gasteiger partial charge < -0.3 is 11.1 Å². The summed E-state index contributed by atoms with van der Waals surface area (Å²) in [7, 11) is 3.54. The van der Waals surface area contributed by atoms with Crippen molar-refractivity contribution in [2.45, 2.75) is 19.9 Å². The number of nitrogens with one attached hydrogen (secondary N) is 1. The highest BCUT2D eigenvalue weighted by atomic mass is 32.1. The van der Waals surface area contributed by atoms with E-state index in [1.54, 1.807) is 7.05 Å². The Hall–Kier alpha value is -0.680. The minimum absolute atomic E-state index is 0.0251. The van der Waals surface area contributed by atoms with Gasteiger partial charge in [-0.3, -0.25) is 9.69 Å². The molecule has 1 amide bonds. The molecule has 0 aromatic carbocycles. The lowest BCUT2D eigenvalue weighted by Gasteiger charge is -2.25. The number of rotatable bonds is 5. The molecule has 0 aliphatic heterocycles. The summed E-state index contributed by atoms with van der Waals surface area (Å²) in [5, 5.41) is 2.61. The zero-order chi connectivity index (χ0) is 11.3. The average Bonchev–Trinajstić information content (AvgIpc) is 2.14. The molecular weight excluding hydrogens is 198 g/mol. The first kappa shape index (κ1) is 13.3. The minimum atomic E-state index is -0.0539. The van der Waals surface area contributed by atoms with E-state index in [0.717, 1.165) is 0 Å². The third-order valence-corrected chi connectivity index (χ3v) is 2.67. The van der Waals surface area contributed by atoms with E-state index in [9.17, 15) is 4.79 Å². The molecule has 14 heavy (non-hydrogen) atoms. The Balaban J connectivity index is 4.11. The van der Waals surface area contributed by atoms with Crippen LogP contribution in [0.15, 0.2) is 0 Å². The maximum absolute atomic E-state index is 11.2. The van der Waals surface area contributed by atoms with Gasteiger partial charge in [-0.05, 0) is 14.0 Å². The van der Waals surface area contributed by atoms with E-state index in [1.807, 2.05) is 25.8 Å². The van der Waals surface area contributed by atoms with Crippen molar-refractivity contribution in [3.63, 3.8) is 0 Å². The van der Waals surface area contributed by atoms with Gasteiger partial charge in [0.1, 0.15) is 0 Å². The van der Waals surface area contributed by atoms with Crippen LogP contribution in [0.2, 0.25) is 0 Å². The molecule has 0 aromatic heterocycles. The fourth-order valence-electron chi connectivity index (χ4n) is 1.14. The summed E-state index contributed by atoms with van der Waals surface area (Å²) in [6.45, 7) is 4.46. The Morgan fingerprint density at radius 1 is 1.57 bits per heavy atom. The van der Waals surface area contributed by atoms with E-state index in [2.05, 4.69) is 5.32 Å². The first-order valence-electron chi connectivity index (χ1n) is 4.61. The summed E-state index contributed by atoms with van der Waals surface area (Å²) >= 11 is 4.88. The molecule has 0 radical (unpaired) electrons. The Morgan fingerprint density at radius 2 is 2.07 bits per heavy atom. The second-order valence-corrected chi connectivity index (χ2v) is 4.00. The molecule has 3 N–H and O–H groups in total. The Bertz CT molecular complexity index is 220. The van der Waals surface area contributed by atoms with Gasteiger partial charge in [0.15, 0.2) is 0 Å². The van der Waals surface area contributed by atoms with E-state index in [1.165, 1.54) is 0 Å². The number of hydrogen-bond acceptors (Lipinski definition) is 3. The van der Waals surface area contributed by atoms with Crippen LogP contribution >= 0.6 is 12.2 Å². The van der Waals surface area contributed by atoms with Gasteiger partial charge >= 0.3 is 0 Å². The molecule has 0 aliphatic carbocycles. The lowest BCUT2D eigenvalue weighted by molar-refractivity contribution is -0.124. The SMILES string of the molecule is CNC(=O)C(C)CN(C)C(C)C(N)=S. The zero-order valence-corrected chi connectivity index (χ0v) is 10.0. The molecule has 0 aromatic rings. The van der Waals surface area contributed by atoms with Gasteiger partial charge in [-0.2, -0.15) is 0 Å². The van der Waals surface area contributed by atoms with E-state index in [0.29, 0.717) is 11.5 Å². The number of thiocarbonyl (C=S) groups is 1. The summed E-state index contributed by atoms with van der Waals surface area (Å²) in [6.07, 6.45) is 0. The van der Waals surface area contributed by atoms with Crippen LogP contribution in [0.5, 0.6) is 0 Å². The van der Waals surface area contributed by atoms with Crippen molar-refractivity contribution >= 4 is 23.1 Å². The Labute approximate surface area is 90.8 Å². The van der Waals surface area contributed by atoms with Crippen molar-refractivity contribution in [2.24, 2.45) is 11.7 Å². The number of nitrogens with zero attached hydrogens (tertiary/aromatic N) is 1. The highest BCUT2D eigenvalue weighted by Gasteiger charge is 2.18. The van der Waals surface area contributed by atoms with Gasteiger partial charge in [0, 0.05) is 19.5 Å². The third-order valence-electron chi connectivity index (χ3n) is 2.33. The Morgan fingerprint density at radius 3 is 2.43 bits per heavy atom. The van der Waals surface area contributed by atoms with Gasteiger partial charge in [-0.1, -0.05) is 19.1 Å². The molecule has 0 saturated carbocycles. The maximum atomic E-state index is 11.2. The van der Waals surface area contributed by atoms with Crippen molar-refractivity contribution in [3.8, 4) is 0 Å². The first-order valence-corrected chi connectivity index (χ1v) is 5.02. The molecule has 0 aliphatic rings. The summed E-state index contributed by atoms with van der Waals surface area (Å²) in [4.78, 5) is 13.7. The molecule has 82 valence electrons. The number of carbonyl (C=O) groups excluding carboxylic acids is 1. The Kier molecular flexibility index (Phi) is 5.64.